The van der Waals surface area contributed by atoms with Gasteiger partial charge in [-0.05, 0) is 37.5 Å². The second-order valence-electron chi connectivity index (χ2n) is 14.5. The topological polar surface area (TPSA) is 180 Å². The molecule has 0 spiro atoms. The molecule has 1 aliphatic carbocycles. The predicted octanol–water partition coefficient (Wildman–Crippen LogP) is 7.69. The molecule has 50 heavy (non-hydrogen) atoms. The molecule has 7 atom stereocenters. The molecule has 1 unspecified atom stereocenters. The van der Waals surface area contributed by atoms with E-state index in [-0.39, 0.29) is 31.3 Å². The number of carbonyl (C=O) groups is 2. The number of ether oxygens (including phenoxy) is 2. The lowest BCUT2D eigenvalue weighted by atomic mass is 9.88. The van der Waals surface area contributed by atoms with E-state index in [1.54, 1.807) is 6.08 Å². The number of esters is 2. The molecule has 1 aliphatic rings. The van der Waals surface area contributed by atoms with Crippen LogP contribution in [0, 0.1) is 17.8 Å². The maximum absolute atomic E-state index is 12.4. The fraction of sp³-hybridized carbons (Fsp3) is 0.895. The van der Waals surface area contributed by atoms with Gasteiger partial charge in [0.05, 0.1) is 24.9 Å². The van der Waals surface area contributed by atoms with E-state index < -0.39 is 50.8 Å². The minimum absolute atomic E-state index is 0.0804. The fourth-order valence-electron chi connectivity index (χ4n) is 6.56. The van der Waals surface area contributed by atoms with Crippen molar-refractivity contribution in [3.05, 3.63) is 12.2 Å². The van der Waals surface area contributed by atoms with E-state index in [4.69, 9.17) is 19.3 Å². The van der Waals surface area contributed by atoms with Gasteiger partial charge in [0.15, 0.2) is 6.10 Å². The SMILES string of the molecule is CCCCC[C@H](O)/C=C/[C@@H]1[C@@H](CCCCCCC(=O)OC[C@H](COP(=O)(O)O)OC(=O)CCCCCCCCCCC(C)CC)[C@@H](O)C[C@H]1O. The van der Waals surface area contributed by atoms with Gasteiger partial charge in [-0.1, -0.05) is 129 Å². The smallest absolute Gasteiger partial charge is 0.462 e. The van der Waals surface area contributed by atoms with Crippen LogP contribution in [0.3, 0.4) is 0 Å². The van der Waals surface area contributed by atoms with Gasteiger partial charge in [-0.2, -0.15) is 0 Å². The Hall–Kier alpha value is -1.33. The summed E-state index contributed by atoms with van der Waals surface area (Å²) in [6, 6.07) is 0. The molecule has 1 saturated carbocycles. The number of aliphatic hydroxyl groups excluding tert-OH is 3. The maximum atomic E-state index is 12.4. The van der Waals surface area contributed by atoms with Crippen LogP contribution in [0.2, 0.25) is 0 Å². The Labute approximate surface area is 302 Å². The number of phosphoric acid groups is 1. The Morgan fingerprint density at radius 1 is 0.780 bits per heavy atom. The molecule has 0 radical (unpaired) electrons. The third kappa shape index (κ3) is 24.0. The second kappa shape index (κ2) is 28.2. The molecule has 0 saturated heterocycles. The van der Waals surface area contributed by atoms with Gasteiger partial charge >= 0.3 is 19.8 Å². The molecule has 1 rings (SSSR count). The van der Waals surface area contributed by atoms with E-state index in [1.165, 1.54) is 38.5 Å². The maximum Gasteiger partial charge on any atom is 0.469 e. The fourth-order valence-corrected chi connectivity index (χ4v) is 6.92. The first kappa shape index (κ1) is 46.7. The Kier molecular flexibility index (Phi) is 26.3. The van der Waals surface area contributed by atoms with E-state index in [0.717, 1.165) is 70.1 Å². The summed E-state index contributed by atoms with van der Waals surface area (Å²) in [4.78, 5) is 42.9. The summed E-state index contributed by atoms with van der Waals surface area (Å²) in [5, 5.41) is 31.2. The van der Waals surface area contributed by atoms with Gasteiger partial charge in [0.25, 0.3) is 0 Å². The lowest BCUT2D eigenvalue weighted by molar-refractivity contribution is -0.161. The minimum atomic E-state index is -4.80. The van der Waals surface area contributed by atoms with Gasteiger partial charge in [0, 0.05) is 25.2 Å². The molecule has 5 N–H and O–H groups in total. The highest BCUT2D eigenvalue weighted by Gasteiger charge is 2.39. The Balaban J connectivity index is 2.30. The van der Waals surface area contributed by atoms with Crippen LogP contribution in [0.25, 0.3) is 0 Å². The van der Waals surface area contributed by atoms with Crippen molar-refractivity contribution in [3.63, 3.8) is 0 Å². The molecule has 0 aromatic carbocycles. The molecular weight excluding hydrogens is 663 g/mol. The molecule has 1 fully saturated rings. The molecule has 11 nitrogen and oxygen atoms in total. The predicted molar refractivity (Wildman–Crippen MR) is 195 cm³/mol. The minimum Gasteiger partial charge on any atom is -0.462 e. The number of hydrogen-bond acceptors (Lipinski definition) is 9. The molecule has 294 valence electrons. The number of unbranched alkanes of at least 4 members (excludes halogenated alkanes) is 12. The lowest BCUT2D eigenvalue weighted by Gasteiger charge is -2.21. The van der Waals surface area contributed by atoms with Crippen LogP contribution < -0.4 is 0 Å². The normalized spacial score (nSPS) is 21.4. The highest BCUT2D eigenvalue weighted by molar-refractivity contribution is 7.46. The number of phosphoric ester groups is 1. The first-order chi connectivity index (χ1) is 23.9. The van der Waals surface area contributed by atoms with Crippen LogP contribution in [0.4, 0.5) is 0 Å². The van der Waals surface area contributed by atoms with Gasteiger partial charge in [-0.15, -0.1) is 0 Å². The van der Waals surface area contributed by atoms with Crippen LogP contribution in [-0.2, 0) is 28.2 Å². The van der Waals surface area contributed by atoms with E-state index in [9.17, 15) is 29.5 Å². The third-order valence-electron chi connectivity index (χ3n) is 9.92. The van der Waals surface area contributed by atoms with E-state index in [0.29, 0.717) is 25.7 Å². The Bertz CT molecular complexity index is 955. The van der Waals surface area contributed by atoms with E-state index >= 15 is 0 Å². The monoisotopic (exact) mass is 734 g/mol. The summed E-state index contributed by atoms with van der Waals surface area (Å²) in [6.07, 6.45) is 20.1. The summed E-state index contributed by atoms with van der Waals surface area (Å²) in [6.45, 7) is 5.70. The summed E-state index contributed by atoms with van der Waals surface area (Å²) in [7, 11) is -4.80. The van der Waals surface area contributed by atoms with Crippen molar-refractivity contribution in [1.82, 2.24) is 0 Å². The lowest BCUT2D eigenvalue weighted by Crippen LogP contribution is -2.29. The van der Waals surface area contributed by atoms with Gasteiger partial charge in [0.1, 0.15) is 6.61 Å². The summed E-state index contributed by atoms with van der Waals surface area (Å²) >= 11 is 0. The van der Waals surface area contributed by atoms with Crippen LogP contribution >= 0.6 is 7.82 Å². The summed E-state index contributed by atoms with van der Waals surface area (Å²) in [5.74, 6) is -0.494. The van der Waals surface area contributed by atoms with Crippen molar-refractivity contribution < 1.29 is 53.3 Å². The van der Waals surface area contributed by atoms with E-state index in [2.05, 4.69) is 25.3 Å². The van der Waals surface area contributed by atoms with Gasteiger partial charge in [-0.25, -0.2) is 4.57 Å². The van der Waals surface area contributed by atoms with Crippen LogP contribution in [0.5, 0.6) is 0 Å². The average Bonchev–Trinajstić information content (AvgIpc) is 3.34. The van der Waals surface area contributed by atoms with Crippen LogP contribution in [0.15, 0.2) is 12.2 Å². The van der Waals surface area contributed by atoms with E-state index in [1.807, 2.05) is 6.08 Å². The molecular formula is C38H71O11P. The molecule has 0 amide bonds. The standard InChI is InChI=1S/C38H71O11P/c1-4-6-15-21-31(39)25-26-34-33(35(40)27-36(34)41)22-17-13-14-18-23-37(42)47-28-32(29-48-50(44,45)46)49-38(43)24-19-12-10-8-7-9-11-16-20-30(3)5-2/h25-26,30-36,39-41H,4-24,27-29H2,1-3H3,(H2,44,45,46)/b26-25+/t30?,31-,32+,33+,34+,35-,36+/m0/s1. The van der Waals surface area contributed by atoms with Gasteiger partial charge in [-0.3, -0.25) is 14.1 Å². The summed E-state index contributed by atoms with van der Waals surface area (Å²) in [5.41, 5.74) is 0. The number of aliphatic hydroxyl groups is 3. The van der Waals surface area contributed by atoms with Crippen molar-refractivity contribution >= 4 is 19.8 Å². The molecule has 0 heterocycles. The van der Waals surface area contributed by atoms with Crippen LogP contribution in [0.1, 0.15) is 162 Å². The zero-order chi connectivity index (χ0) is 37.2. The number of rotatable bonds is 31. The molecule has 0 aromatic rings. The van der Waals surface area contributed by atoms with Crippen molar-refractivity contribution in [2.45, 2.75) is 186 Å². The van der Waals surface area contributed by atoms with Crippen molar-refractivity contribution in [2.75, 3.05) is 13.2 Å². The number of hydrogen-bond donors (Lipinski definition) is 5. The zero-order valence-electron chi connectivity index (χ0n) is 31.3. The number of carbonyl (C=O) groups excluding carboxylic acids is 2. The quantitative estimate of drug-likeness (QED) is 0.0204. The van der Waals surface area contributed by atoms with Gasteiger partial charge in [0.2, 0.25) is 0 Å². The van der Waals surface area contributed by atoms with Crippen molar-refractivity contribution in [1.29, 1.82) is 0 Å². The average molecular weight is 735 g/mol. The molecule has 0 aromatic heterocycles. The first-order valence-corrected chi connectivity index (χ1v) is 21.2. The highest BCUT2D eigenvalue weighted by atomic mass is 31.2. The Morgan fingerprint density at radius 3 is 1.98 bits per heavy atom. The zero-order valence-corrected chi connectivity index (χ0v) is 32.2. The Morgan fingerprint density at radius 2 is 1.36 bits per heavy atom. The van der Waals surface area contributed by atoms with Crippen molar-refractivity contribution in [3.8, 4) is 0 Å². The third-order valence-corrected chi connectivity index (χ3v) is 10.4. The van der Waals surface area contributed by atoms with Crippen LogP contribution in [-0.4, -0.2) is 74.7 Å². The second-order valence-corrected chi connectivity index (χ2v) is 15.7. The van der Waals surface area contributed by atoms with Crippen molar-refractivity contribution in [2.24, 2.45) is 17.8 Å². The molecule has 0 bridgehead atoms. The summed E-state index contributed by atoms with van der Waals surface area (Å²) < 4.78 is 26.3. The molecule has 12 heteroatoms. The molecule has 0 aliphatic heterocycles. The highest BCUT2D eigenvalue weighted by Crippen LogP contribution is 2.38. The largest absolute Gasteiger partial charge is 0.469 e. The van der Waals surface area contributed by atoms with Gasteiger partial charge < -0.3 is 34.6 Å². The first-order valence-electron chi connectivity index (χ1n) is 19.6.